The summed E-state index contributed by atoms with van der Waals surface area (Å²) in [6, 6.07) is 0. The van der Waals surface area contributed by atoms with Gasteiger partial charge in [-0.05, 0) is 32.2 Å². The molecule has 0 aromatic carbocycles. The van der Waals surface area contributed by atoms with Crippen LogP contribution >= 0.6 is 0 Å². The fourth-order valence-electron chi connectivity index (χ4n) is 1.35. The van der Waals surface area contributed by atoms with Gasteiger partial charge < -0.3 is 15.5 Å². The van der Waals surface area contributed by atoms with Crippen LogP contribution in [0.3, 0.4) is 0 Å². The van der Waals surface area contributed by atoms with E-state index in [2.05, 4.69) is 5.32 Å². The zero-order valence-corrected chi connectivity index (χ0v) is 9.75. The molecule has 0 aromatic rings. The number of rotatable bonds is 9. The molecule has 0 radical (unpaired) electrons. The number of carbonyl (C=O) groups is 1. The number of unbranched alkanes of at least 4 members (excludes halogenated alkanes) is 1. The minimum absolute atomic E-state index is 0.230. The first-order valence-electron chi connectivity index (χ1n) is 5.69. The smallest absolute Gasteiger partial charge is 0.303 e. The molecule has 4 heteroatoms. The van der Waals surface area contributed by atoms with E-state index in [0.717, 1.165) is 25.8 Å². The standard InChI is InChI=1S/C11H23NO3/c1-3-11(15,4-2)9-12-8-6-5-7-10(13)14/h12,15H,3-9H2,1-2H3,(H,13,14). The number of hydrogen-bond acceptors (Lipinski definition) is 3. The summed E-state index contributed by atoms with van der Waals surface area (Å²) in [5, 5.41) is 21.5. The van der Waals surface area contributed by atoms with E-state index in [1.807, 2.05) is 13.8 Å². The normalized spacial score (nSPS) is 11.7. The Bertz CT molecular complexity index is 179. The van der Waals surface area contributed by atoms with Crippen molar-refractivity contribution in [2.75, 3.05) is 13.1 Å². The lowest BCUT2D eigenvalue weighted by atomic mass is 9.97. The summed E-state index contributed by atoms with van der Waals surface area (Å²) in [5.41, 5.74) is -0.604. The lowest BCUT2D eigenvalue weighted by molar-refractivity contribution is -0.137. The average molecular weight is 217 g/mol. The predicted molar refractivity (Wildman–Crippen MR) is 59.9 cm³/mol. The molecule has 0 aliphatic heterocycles. The fourth-order valence-corrected chi connectivity index (χ4v) is 1.35. The minimum Gasteiger partial charge on any atom is -0.481 e. The Morgan fingerprint density at radius 2 is 1.87 bits per heavy atom. The van der Waals surface area contributed by atoms with E-state index in [9.17, 15) is 9.90 Å². The van der Waals surface area contributed by atoms with Crippen molar-refractivity contribution in [2.45, 2.75) is 51.6 Å². The summed E-state index contributed by atoms with van der Waals surface area (Å²) in [7, 11) is 0. The molecule has 15 heavy (non-hydrogen) atoms. The molecule has 0 bridgehead atoms. The van der Waals surface area contributed by atoms with Crippen molar-refractivity contribution >= 4 is 5.97 Å². The van der Waals surface area contributed by atoms with Crippen molar-refractivity contribution in [3.05, 3.63) is 0 Å². The fraction of sp³-hybridized carbons (Fsp3) is 0.909. The highest BCUT2D eigenvalue weighted by atomic mass is 16.4. The third-order valence-electron chi connectivity index (χ3n) is 2.76. The summed E-state index contributed by atoms with van der Waals surface area (Å²) in [6.45, 7) is 5.30. The van der Waals surface area contributed by atoms with Crippen molar-refractivity contribution in [2.24, 2.45) is 0 Å². The number of carboxylic acid groups (broad SMARTS) is 1. The van der Waals surface area contributed by atoms with Gasteiger partial charge in [0.15, 0.2) is 0 Å². The first kappa shape index (κ1) is 14.4. The van der Waals surface area contributed by atoms with Crippen LogP contribution in [0.2, 0.25) is 0 Å². The van der Waals surface area contributed by atoms with Gasteiger partial charge in [0.2, 0.25) is 0 Å². The average Bonchev–Trinajstić information content (AvgIpc) is 2.22. The zero-order valence-electron chi connectivity index (χ0n) is 9.75. The van der Waals surface area contributed by atoms with E-state index in [1.54, 1.807) is 0 Å². The molecule has 0 spiro atoms. The van der Waals surface area contributed by atoms with Gasteiger partial charge >= 0.3 is 5.97 Å². The molecule has 3 N–H and O–H groups in total. The largest absolute Gasteiger partial charge is 0.481 e. The molecule has 0 fully saturated rings. The maximum atomic E-state index is 10.2. The Hall–Kier alpha value is -0.610. The van der Waals surface area contributed by atoms with Gasteiger partial charge in [-0.15, -0.1) is 0 Å². The molecular weight excluding hydrogens is 194 g/mol. The Balaban J connectivity index is 3.41. The van der Waals surface area contributed by atoms with Gasteiger partial charge in [-0.1, -0.05) is 13.8 Å². The summed E-state index contributed by atoms with van der Waals surface area (Å²) < 4.78 is 0. The Labute approximate surface area is 91.7 Å². The van der Waals surface area contributed by atoms with Crippen LogP contribution in [0.4, 0.5) is 0 Å². The quantitative estimate of drug-likeness (QED) is 0.510. The molecule has 90 valence electrons. The second kappa shape index (κ2) is 7.65. The maximum absolute atomic E-state index is 10.2. The highest BCUT2D eigenvalue weighted by Gasteiger charge is 2.20. The Morgan fingerprint density at radius 1 is 1.27 bits per heavy atom. The first-order valence-corrected chi connectivity index (χ1v) is 5.69. The monoisotopic (exact) mass is 217 g/mol. The van der Waals surface area contributed by atoms with Crippen LogP contribution in [0.25, 0.3) is 0 Å². The number of nitrogens with one attached hydrogen (secondary N) is 1. The maximum Gasteiger partial charge on any atom is 0.303 e. The van der Waals surface area contributed by atoms with Gasteiger partial charge in [-0.3, -0.25) is 4.79 Å². The van der Waals surface area contributed by atoms with Gasteiger partial charge in [0.05, 0.1) is 5.60 Å². The number of hydrogen-bond donors (Lipinski definition) is 3. The van der Waals surface area contributed by atoms with Gasteiger partial charge in [-0.25, -0.2) is 0 Å². The highest BCUT2D eigenvalue weighted by molar-refractivity contribution is 5.66. The van der Waals surface area contributed by atoms with Crippen LogP contribution < -0.4 is 5.32 Å². The van der Waals surface area contributed by atoms with Crippen LogP contribution in [-0.4, -0.2) is 34.9 Å². The third-order valence-corrected chi connectivity index (χ3v) is 2.76. The van der Waals surface area contributed by atoms with E-state index in [4.69, 9.17) is 5.11 Å². The van der Waals surface area contributed by atoms with E-state index in [0.29, 0.717) is 13.0 Å². The molecule has 4 nitrogen and oxygen atoms in total. The molecule has 0 unspecified atom stereocenters. The van der Waals surface area contributed by atoms with E-state index in [1.165, 1.54) is 0 Å². The molecule has 0 heterocycles. The van der Waals surface area contributed by atoms with Crippen molar-refractivity contribution < 1.29 is 15.0 Å². The first-order chi connectivity index (χ1) is 7.04. The summed E-state index contributed by atoms with van der Waals surface area (Å²) in [6.07, 6.45) is 3.25. The van der Waals surface area contributed by atoms with Crippen molar-refractivity contribution in [1.29, 1.82) is 0 Å². The number of aliphatic hydroxyl groups is 1. The van der Waals surface area contributed by atoms with Crippen LogP contribution in [0.5, 0.6) is 0 Å². The summed E-state index contributed by atoms with van der Waals surface area (Å²) in [4.78, 5) is 10.2. The van der Waals surface area contributed by atoms with Gasteiger partial charge in [0.25, 0.3) is 0 Å². The van der Waals surface area contributed by atoms with Crippen molar-refractivity contribution in [3.8, 4) is 0 Å². The molecule has 0 aliphatic carbocycles. The van der Waals surface area contributed by atoms with E-state index >= 15 is 0 Å². The SMILES string of the molecule is CCC(O)(CC)CNCCCCC(=O)O. The Morgan fingerprint density at radius 3 is 2.33 bits per heavy atom. The van der Waals surface area contributed by atoms with E-state index < -0.39 is 11.6 Å². The molecule has 0 rings (SSSR count). The van der Waals surface area contributed by atoms with Crippen molar-refractivity contribution in [1.82, 2.24) is 5.32 Å². The number of aliphatic carboxylic acids is 1. The predicted octanol–water partition coefficient (Wildman–Crippen LogP) is 1.38. The summed E-state index contributed by atoms with van der Waals surface area (Å²) in [5.74, 6) is -0.742. The lowest BCUT2D eigenvalue weighted by Crippen LogP contribution is -2.39. The van der Waals surface area contributed by atoms with Crippen LogP contribution in [-0.2, 0) is 4.79 Å². The van der Waals surface area contributed by atoms with Crippen LogP contribution in [0, 0.1) is 0 Å². The zero-order chi connectivity index (χ0) is 11.7. The highest BCUT2D eigenvalue weighted by Crippen LogP contribution is 2.12. The second-order valence-electron chi connectivity index (χ2n) is 3.96. The molecule has 0 aromatic heterocycles. The van der Waals surface area contributed by atoms with Crippen LogP contribution in [0.15, 0.2) is 0 Å². The van der Waals surface area contributed by atoms with E-state index in [-0.39, 0.29) is 6.42 Å². The third kappa shape index (κ3) is 7.33. The molecule has 0 aliphatic rings. The molecule has 0 amide bonds. The second-order valence-corrected chi connectivity index (χ2v) is 3.96. The molecular formula is C11H23NO3. The molecule has 0 saturated carbocycles. The van der Waals surface area contributed by atoms with Crippen LogP contribution in [0.1, 0.15) is 46.0 Å². The van der Waals surface area contributed by atoms with Gasteiger partial charge in [0, 0.05) is 13.0 Å². The van der Waals surface area contributed by atoms with Crippen molar-refractivity contribution in [3.63, 3.8) is 0 Å². The molecule has 0 atom stereocenters. The van der Waals surface area contributed by atoms with Gasteiger partial charge in [-0.2, -0.15) is 0 Å². The Kier molecular flexibility index (Phi) is 7.34. The topological polar surface area (TPSA) is 69.6 Å². The lowest BCUT2D eigenvalue weighted by Gasteiger charge is -2.25. The number of carboxylic acids is 1. The summed E-state index contributed by atoms with van der Waals surface area (Å²) >= 11 is 0. The molecule has 0 saturated heterocycles. The van der Waals surface area contributed by atoms with Gasteiger partial charge in [0.1, 0.15) is 0 Å². The minimum atomic E-state index is -0.742.